The second-order valence-corrected chi connectivity index (χ2v) is 8.71. The second kappa shape index (κ2) is 10.1. The molecule has 2 saturated carbocycles. The fraction of sp³-hybridized carbons (Fsp3) is 0.857. The fourth-order valence-corrected chi connectivity index (χ4v) is 4.35. The summed E-state index contributed by atoms with van der Waals surface area (Å²) in [5.74, 6) is 0.618. The standard InChI is InChI=1S/C21H36N2O3/c1-14(2)12-19(23-20(25)16-8-5-4-6-9-16)21(26)22-18-11-7-10-17(13-18)15(3)24/h14,16-19H,4-13H2,1-3H3,(H,22,26)(H,23,25). The van der Waals surface area contributed by atoms with E-state index in [0.717, 1.165) is 51.4 Å². The van der Waals surface area contributed by atoms with Gasteiger partial charge in [-0.2, -0.15) is 0 Å². The first-order chi connectivity index (χ1) is 12.4. The van der Waals surface area contributed by atoms with Crippen molar-refractivity contribution >= 4 is 17.6 Å². The van der Waals surface area contributed by atoms with E-state index in [1.54, 1.807) is 6.92 Å². The molecule has 0 radical (unpaired) electrons. The Hall–Kier alpha value is -1.39. The summed E-state index contributed by atoms with van der Waals surface area (Å²) in [7, 11) is 0. The second-order valence-electron chi connectivity index (χ2n) is 8.71. The molecule has 5 heteroatoms. The summed E-state index contributed by atoms with van der Waals surface area (Å²) in [6.07, 6.45) is 9.48. The van der Waals surface area contributed by atoms with Gasteiger partial charge < -0.3 is 10.6 Å². The monoisotopic (exact) mass is 364 g/mol. The lowest BCUT2D eigenvalue weighted by atomic mass is 9.83. The van der Waals surface area contributed by atoms with Crippen LogP contribution in [0.15, 0.2) is 0 Å². The maximum absolute atomic E-state index is 12.8. The third-order valence-electron chi connectivity index (χ3n) is 5.91. The van der Waals surface area contributed by atoms with Crippen LogP contribution in [0.3, 0.4) is 0 Å². The highest BCUT2D eigenvalue weighted by Gasteiger charge is 2.30. The molecular formula is C21H36N2O3. The average molecular weight is 365 g/mol. The van der Waals surface area contributed by atoms with E-state index in [9.17, 15) is 14.4 Å². The van der Waals surface area contributed by atoms with Gasteiger partial charge in [0, 0.05) is 17.9 Å². The van der Waals surface area contributed by atoms with Gasteiger partial charge in [0.25, 0.3) is 0 Å². The molecule has 0 aromatic heterocycles. The Balaban J connectivity index is 1.93. The number of hydrogen-bond acceptors (Lipinski definition) is 3. The van der Waals surface area contributed by atoms with Gasteiger partial charge in [-0.15, -0.1) is 0 Å². The number of Topliss-reactive ketones (excluding diaryl/α,β-unsaturated/α-hetero) is 1. The maximum Gasteiger partial charge on any atom is 0.242 e. The Morgan fingerprint density at radius 1 is 0.923 bits per heavy atom. The minimum absolute atomic E-state index is 0.0377. The van der Waals surface area contributed by atoms with Gasteiger partial charge in [0.2, 0.25) is 11.8 Å². The van der Waals surface area contributed by atoms with Crippen molar-refractivity contribution in [2.24, 2.45) is 17.8 Å². The third kappa shape index (κ3) is 6.40. The number of carbonyl (C=O) groups is 3. The van der Waals surface area contributed by atoms with E-state index in [1.807, 2.05) is 0 Å². The van der Waals surface area contributed by atoms with Gasteiger partial charge in [-0.05, 0) is 51.4 Å². The molecule has 2 amide bonds. The van der Waals surface area contributed by atoms with E-state index in [-0.39, 0.29) is 35.5 Å². The fourth-order valence-electron chi connectivity index (χ4n) is 4.35. The zero-order valence-corrected chi connectivity index (χ0v) is 16.7. The van der Waals surface area contributed by atoms with Crippen LogP contribution < -0.4 is 10.6 Å². The molecule has 26 heavy (non-hydrogen) atoms. The number of hydrogen-bond donors (Lipinski definition) is 2. The Morgan fingerprint density at radius 3 is 2.19 bits per heavy atom. The van der Waals surface area contributed by atoms with Crippen molar-refractivity contribution in [1.82, 2.24) is 10.6 Å². The van der Waals surface area contributed by atoms with Gasteiger partial charge in [-0.1, -0.05) is 39.5 Å². The number of rotatable bonds is 7. The summed E-state index contributed by atoms with van der Waals surface area (Å²) in [5, 5.41) is 6.14. The van der Waals surface area contributed by atoms with Gasteiger partial charge in [-0.25, -0.2) is 0 Å². The van der Waals surface area contributed by atoms with Crippen LogP contribution in [0.4, 0.5) is 0 Å². The summed E-state index contributed by atoms with van der Waals surface area (Å²) < 4.78 is 0. The minimum Gasteiger partial charge on any atom is -0.352 e. The van der Waals surface area contributed by atoms with Crippen molar-refractivity contribution in [3.05, 3.63) is 0 Å². The first-order valence-corrected chi connectivity index (χ1v) is 10.5. The van der Waals surface area contributed by atoms with Crippen LogP contribution in [-0.4, -0.2) is 29.7 Å². The van der Waals surface area contributed by atoms with Crippen molar-refractivity contribution < 1.29 is 14.4 Å². The molecule has 0 aliphatic heterocycles. The molecule has 2 fully saturated rings. The van der Waals surface area contributed by atoms with Crippen molar-refractivity contribution in [3.63, 3.8) is 0 Å². The molecule has 5 nitrogen and oxygen atoms in total. The smallest absolute Gasteiger partial charge is 0.242 e. The van der Waals surface area contributed by atoms with Gasteiger partial charge in [0.1, 0.15) is 11.8 Å². The lowest BCUT2D eigenvalue weighted by Gasteiger charge is -2.31. The van der Waals surface area contributed by atoms with Crippen molar-refractivity contribution in [2.45, 2.75) is 97.1 Å². The number of amides is 2. The van der Waals surface area contributed by atoms with Crippen molar-refractivity contribution in [2.75, 3.05) is 0 Å². The van der Waals surface area contributed by atoms with Crippen LogP contribution in [-0.2, 0) is 14.4 Å². The summed E-state index contributed by atoms with van der Waals surface area (Å²) in [6, 6.07) is -0.423. The Morgan fingerprint density at radius 2 is 1.58 bits per heavy atom. The van der Waals surface area contributed by atoms with Gasteiger partial charge >= 0.3 is 0 Å². The Kier molecular flexibility index (Phi) is 8.11. The van der Waals surface area contributed by atoms with Gasteiger partial charge in [-0.3, -0.25) is 14.4 Å². The van der Waals surface area contributed by atoms with Crippen LogP contribution in [0.1, 0.15) is 85.0 Å². The molecule has 2 rings (SSSR count). The Bertz CT molecular complexity index is 497. The molecule has 148 valence electrons. The van der Waals surface area contributed by atoms with Gasteiger partial charge in [0.05, 0.1) is 0 Å². The molecule has 2 N–H and O–H groups in total. The molecular weight excluding hydrogens is 328 g/mol. The molecule has 3 unspecified atom stereocenters. The van der Waals surface area contributed by atoms with Crippen LogP contribution >= 0.6 is 0 Å². The molecule has 0 heterocycles. The molecule has 0 aromatic carbocycles. The maximum atomic E-state index is 12.8. The van der Waals surface area contributed by atoms with Crippen molar-refractivity contribution in [3.8, 4) is 0 Å². The summed E-state index contributed by atoms with van der Waals surface area (Å²) in [4.78, 5) is 37.1. The van der Waals surface area contributed by atoms with Crippen LogP contribution in [0.5, 0.6) is 0 Å². The quantitative estimate of drug-likeness (QED) is 0.727. The highest BCUT2D eigenvalue weighted by Crippen LogP contribution is 2.26. The van der Waals surface area contributed by atoms with E-state index in [4.69, 9.17) is 0 Å². The van der Waals surface area contributed by atoms with E-state index < -0.39 is 6.04 Å². The van der Waals surface area contributed by atoms with E-state index >= 15 is 0 Å². The van der Waals surface area contributed by atoms with Crippen molar-refractivity contribution in [1.29, 1.82) is 0 Å². The number of nitrogens with one attached hydrogen (secondary N) is 2. The summed E-state index contributed by atoms with van der Waals surface area (Å²) in [5.41, 5.74) is 0. The number of ketones is 1. The Labute approximate surface area is 158 Å². The lowest BCUT2D eigenvalue weighted by Crippen LogP contribution is -2.52. The normalized spacial score (nSPS) is 25.5. The highest BCUT2D eigenvalue weighted by atomic mass is 16.2. The van der Waals surface area contributed by atoms with E-state index in [1.165, 1.54) is 6.42 Å². The molecule has 0 aromatic rings. The van der Waals surface area contributed by atoms with Crippen LogP contribution in [0, 0.1) is 17.8 Å². The zero-order valence-electron chi connectivity index (χ0n) is 16.7. The predicted octanol–water partition coefficient (Wildman–Crippen LogP) is 3.36. The number of carbonyl (C=O) groups excluding carboxylic acids is 3. The summed E-state index contributed by atoms with van der Waals surface area (Å²) in [6.45, 7) is 5.78. The molecule has 2 aliphatic carbocycles. The molecule has 2 aliphatic rings. The molecule has 0 spiro atoms. The third-order valence-corrected chi connectivity index (χ3v) is 5.91. The molecule has 0 bridgehead atoms. The highest BCUT2D eigenvalue weighted by molar-refractivity contribution is 5.88. The van der Waals surface area contributed by atoms with E-state index in [2.05, 4.69) is 24.5 Å². The van der Waals surface area contributed by atoms with E-state index in [0.29, 0.717) is 12.3 Å². The zero-order chi connectivity index (χ0) is 19.1. The first-order valence-electron chi connectivity index (χ1n) is 10.5. The summed E-state index contributed by atoms with van der Waals surface area (Å²) >= 11 is 0. The predicted molar refractivity (Wildman–Crippen MR) is 103 cm³/mol. The topological polar surface area (TPSA) is 75.3 Å². The SMILES string of the molecule is CC(=O)C1CCCC(NC(=O)C(CC(C)C)NC(=O)C2CCCCC2)C1. The van der Waals surface area contributed by atoms with Gasteiger partial charge in [0.15, 0.2) is 0 Å². The first kappa shape index (κ1) is 20.9. The van der Waals surface area contributed by atoms with Crippen LogP contribution in [0.2, 0.25) is 0 Å². The van der Waals surface area contributed by atoms with Crippen LogP contribution in [0.25, 0.3) is 0 Å². The molecule has 0 saturated heterocycles. The average Bonchev–Trinajstić information content (AvgIpc) is 2.61. The largest absolute Gasteiger partial charge is 0.352 e. The molecule has 3 atom stereocenters. The minimum atomic E-state index is -0.470. The lowest BCUT2D eigenvalue weighted by molar-refractivity contribution is -0.132.